The van der Waals surface area contributed by atoms with Crippen molar-refractivity contribution in [1.82, 2.24) is 4.98 Å². The third kappa shape index (κ3) is 1.59. The van der Waals surface area contributed by atoms with Crippen LogP contribution in [0.2, 0.25) is 0 Å². The van der Waals surface area contributed by atoms with E-state index in [2.05, 4.69) is 17.1 Å². The number of nitrogens with one attached hydrogen (secondary N) is 1. The van der Waals surface area contributed by atoms with Crippen LogP contribution in [0.25, 0.3) is 10.9 Å². The molecule has 1 aromatic heterocycles. The summed E-state index contributed by atoms with van der Waals surface area (Å²) in [5, 5.41) is 1.34. The SMILES string of the molecule is CCOc1ccc2[nH]c3c(c2c1)CSCC3. The molecule has 0 spiro atoms. The van der Waals surface area contributed by atoms with Gasteiger partial charge in [-0.05, 0) is 42.9 Å². The molecule has 0 saturated carbocycles. The Kier molecular flexibility index (Phi) is 2.56. The second kappa shape index (κ2) is 4.06. The molecule has 1 aromatic carbocycles. The number of hydrogen-bond acceptors (Lipinski definition) is 2. The van der Waals surface area contributed by atoms with Gasteiger partial charge in [0, 0.05) is 22.3 Å². The Morgan fingerprint density at radius 3 is 3.25 bits per heavy atom. The molecule has 0 radical (unpaired) electrons. The molecule has 3 heteroatoms. The van der Waals surface area contributed by atoms with Gasteiger partial charge in [-0.1, -0.05) is 0 Å². The summed E-state index contributed by atoms with van der Waals surface area (Å²) in [4.78, 5) is 3.52. The molecule has 1 aliphatic heterocycles. The zero-order valence-electron chi connectivity index (χ0n) is 9.38. The number of thioether (sulfide) groups is 1. The molecule has 0 saturated heterocycles. The van der Waals surface area contributed by atoms with E-state index in [1.165, 1.54) is 34.3 Å². The first kappa shape index (κ1) is 10.1. The Morgan fingerprint density at radius 1 is 1.44 bits per heavy atom. The maximum Gasteiger partial charge on any atom is 0.120 e. The van der Waals surface area contributed by atoms with Gasteiger partial charge in [0.25, 0.3) is 0 Å². The highest BCUT2D eigenvalue weighted by Gasteiger charge is 2.15. The number of benzene rings is 1. The first-order valence-corrected chi connectivity index (χ1v) is 6.88. The van der Waals surface area contributed by atoms with Crippen molar-refractivity contribution in [2.75, 3.05) is 12.4 Å². The quantitative estimate of drug-likeness (QED) is 0.860. The molecule has 0 aliphatic carbocycles. The van der Waals surface area contributed by atoms with Crippen LogP contribution < -0.4 is 4.74 Å². The molecule has 0 bridgehead atoms. The van der Waals surface area contributed by atoms with Gasteiger partial charge in [-0.2, -0.15) is 11.8 Å². The number of fused-ring (bicyclic) bond motifs is 3. The van der Waals surface area contributed by atoms with E-state index < -0.39 is 0 Å². The molecular formula is C13H15NOS. The lowest BCUT2D eigenvalue weighted by atomic mass is 10.1. The molecule has 0 unspecified atom stereocenters. The third-order valence-electron chi connectivity index (χ3n) is 3.02. The highest BCUT2D eigenvalue weighted by atomic mass is 32.2. The third-order valence-corrected chi connectivity index (χ3v) is 4.01. The van der Waals surface area contributed by atoms with Crippen LogP contribution in [-0.2, 0) is 12.2 Å². The largest absolute Gasteiger partial charge is 0.494 e. The van der Waals surface area contributed by atoms with E-state index in [0.29, 0.717) is 0 Å². The first-order chi connectivity index (χ1) is 7.88. The van der Waals surface area contributed by atoms with E-state index in [9.17, 15) is 0 Å². The van der Waals surface area contributed by atoms with Crippen LogP contribution in [-0.4, -0.2) is 17.3 Å². The van der Waals surface area contributed by atoms with Crippen LogP contribution >= 0.6 is 11.8 Å². The van der Waals surface area contributed by atoms with Crippen LogP contribution in [0.1, 0.15) is 18.2 Å². The summed E-state index contributed by atoms with van der Waals surface area (Å²) < 4.78 is 5.55. The molecule has 2 heterocycles. The molecule has 0 fully saturated rings. The van der Waals surface area contributed by atoms with Crippen molar-refractivity contribution < 1.29 is 4.74 Å². The van der Waals surface area contributed by atoms with Crippen LogP contribution in [0.4, 0.5) is 0 Å². The molecule has 0 amide bonds. The van der Waals surface area contributed by atoms with Crippen molar-refractivity contribution in [2.45, 2.75) is 19.1 Å². The minimum Gasteiger partial charge on any atom is -0.494 e. The average molecular weight is 233 g/mol. The van der Waals surface area contributed by atoms with Gasteiger partial charge in [0.2, 0.25) is 0 Å². The summed E-state index contributed by atoms with van der Waals surface area (Å²) in [6.07, 6.45) is 1.17. The lowest BCUT2D eigenvalue weighted by Gasteiger charge is -2.10. The minimum absolute atomic E-state index is 0.729. The molecule has 2 nitrogen and oxygen atoms in total. The molecular weight excluding hydrogens is 218 g/mol. The van der Waals surface area contributed by atoms with Gasteiger partial charge in [0.15, 0.2) is 0 Å². The predicted molar refractivity (Wildman–Crippen MR) is 69.3 cm³/mol. The molecule has 16 heavy (non-hydrogen) atoms. The van der Waals surface area contributed by atoms with Crippen molar-refractivity contribution in [3.63, 3.8) is 0 Å². The smallest absolute Gasteiger partial charge is 0.120 e. The first-order valence-electron chi connectivity index (χ1n) is 5.72. The van der Waals surface area contributed by atoms with E-state index in [4.69, 9.17) is 4.74 Å². The van der Waals surface area contributed by atoms with Gasteiger partial charge in [0.1, 0.15) is 5.75 Å². The predicted octanol–water partition coefficient (Wildman–Crippen LogP) is 3.36. The van der Waals surface area contributed by atoms with Gasteiger partial charge in [0.05, 0.1) is 6.61 Å². The Balaban J connectivity index is 2.13. The fourth-order valence-corrected chi connectivity index (χ4v) is 3.29. The maximum absolute atomic E-state index is 5.55. The number of ether oxygens (including phenoxy) is 1. The Morgan fingerprint density at radius 2 is 2.38 bits per heavy atom. The summed E-state index contributed by atoms with van der Waals surface area (Å²) in [6.45, 7) is 2.75. The van der Waals surface area contributed by atoms with Crippen molar-refractivity contribution >= 4 is 22.7 Å². The van der Waals surface area contributed by atoms with Gasteiger partial charge in [-0.3, -0.25) is 0 Å². The maximum atomic E-state index is 5.55. The van der Waals surface area contributed by atoms with Gasteiger partial charge in [-0.25, -0.2) is 0 Å². The monoisotopic (exact) mass is 233 g/mol. The van der Waals surface area contributed by atoms with E-state index in [-0.39, 0.29) is 0 Å². The van der Waals surface area contributed by atoms with Crippen molar-refractivity contribution in [2.24, 2.45) is 0 Å². The standard InChI is InChI=1S/C13H15NOS/c1-2-15-9-3-4-12-10(7-9)11-8-16-6-5-13(11)14-12/h3-4,7,14H,2,5-6,8H2,1H3. The molecule has 84 valence electrons. The Hall–Kier alpha value is -1.09. The van der Waals surface area contributed by atoms with Crippen molar-refractivity contribution in [3.05, 3.63) is 29.5 Å². The number of H-pyrrole nitrogens is 1. The van der Waals surface area contributed by atoms with Crippen molar-refractivity contribution in [1.29, 1.82) is 0 Å². The van der Waals surface area contributed by atoms with Crippen LogP contribution in [0.3, 0.4) is 0 Å². The second-order valence-electron chi connectivity index (χ2n) is 4.03. The van der Waals surface area contributed by atoms with Crippen molar-refractivity contribution in [3.8, 4) is 5.75 Å². The van der Waals surface area contributed by atoms with Gasteiger partial charge in [-0.15, -0.1) is 0 Å². The number of aromatic amines is 1. The highest BCUT2D eigenvalue weighted by Crippen LogP contribution is 2.33. The lowest BCUT2D eigenvalue weighted by molar-refractivity contribution is 0.340. The van der Waals surface area contributed by atoms with Gasteiger partial charge < -0.3 is 9.72 Å². The van der Waals surface area contributed by atoms with E-state index >= 15 is 0 Å². The van der Waals surface area contributed by atoms with E-state index in [0.717, 1.165) is 18.1 Å². The Bertz CT molecular complexity index is 518. The molecule has 0 atom stereocenters. The molecule has 1 N–H and O–H groups in total. The van der Waals surface area contributed by atoms with Crippen LogP contribution in [0.5, 0.6) is 5.75 Å². The zero-order chi connectivity index (χ0) is 11.0. The summed E-state index contributed by atoms with van der Waals surface area (Å²) in [5.74, 6) is 3.34. The topological polar surface area (TPSA) is 25.0 Å². The number of hydrogen-bond donors (Lipinski definition) is 1. The summed E-state index contributed by atoms with van der Waals surface area (Å²) in [7, 11) is 0. The van der Waals surface area contributed by atoms with Crippen LogP contribution in [0.15, 0.2) is 18.2 Å². The second-order valence-corrected chi connectivity index (χ2v) is 5.13. The van der Waals surface area contributed by atoms with E-state index in [1.807, 2.05) is 24.8 Å². The molecule has 1 aliphatic rings. The molecule has 2 aromatic rings. The van der Waals surface area contributed by atoms with Crippen LogP contribution in [0, 0.1) is 0 Å². The fraction of sp³-hybridized carbons (Fsp3) is 0.385. The zero-order valence-corrected chi connectivity index (χ0v) is 10.2. The number of aryl methyl sites for hydroxylation is 1. The summed E-state index contributed by atoms with van der Waals surface area (Å²) >= 11 is 2.02. The summed E-state index contributed by atoms with van der Waals surface area (Å²) in [5.41, 5.74) is 4.14. The normalized spacial score (nSPS) is 15.1. The Labute approximate surface area is 99.4 Å². The minimum atomic E-state index is 0.729. The molecule has 3 rings (SSSR count). The number of aromatic nitrogens is 1. The fourth-order valence-electron chi connectivity index (χ4n) is 2.27. The lowest BCUT2D eigenvalue weighted by Crippen LogP contribution is -1.99. The highest BCUT2D eigenvalue weighted by molar-refractivity contribution is 7.98. The number of rotatable bonds is 2. The van der Waals surface area contributed by atoms with Gasteiger partial charge >= 0.3 is 0 Å². The van der Waals surface area contributed by atoms with E-state index in [1.54, 1.807) is 0 Å². The average Bonchev–Trinajstić information content (AvgIpc) is 2.68. The summed E-state index contributed by atoms with van der Waals surface area (Å²) in [6, 6.07) is 6.34.